The summed E-state index contributed by atoms with van der Waals surface area (Å²) in [6.07, 6.45) is 0. The molecule has 182 valence electrons. The van der Waals surface area contributed by atoms with Crippen LogP contribution < -0.4 is 20.7 Å². The van der Waals surface area contributed by atoms with Crippen LogP contribution in [0.25, 0.3) is 21.8 Å². The minimum atomic E-state index is -2.55. The lowest BCUT2D eigenvalue weighted by molar-refractivity contribution is 0.591. The molecule has 1 aromatic heterocycles. The molecule has 37 heavy (non-hydrogen) atoms. The highest BCUT2D eigenvalue weighted by atomic mass is 28.3. The molecule has 0 atom stereocenters. The summed E-state index contributed by atoms with van der Waals surface area (Å²) in [5, 5.41) is 8.30. The average Bonchev–Trinajstić information content (AvgIpc) is 3.21. The molecular weight excluding hydrogens is 462 g/mol. The molecule has 5 aromatic carbocycles. The Labute approximate surface area is 221 Å². The van der Waals surface area contributed by atoms with E-state index in [1.165, 1.54) is 48.1 Å². The molecule has 0 fully saturated rings. The van der Waals surface area contributed by atoms with Crippen LogP contribution in [0.15, 0.2) is 127 Å². The molecule has 2 heteroatoms. The lowest BCUT2D eigenvalue weighted by Crippen LogP contribution is -2.74. The number of hydrogen-bond donors (Lipinski definition) is 0. The third-order valence-electron chi connectivity index (χ3n) is 7.93. The van der Waals surface area contributed by atoms with Crippen molar-refractivity contribution in [3.8, 4) is 0 Å². The van der Waals surface area contributed by atoms with Gasteiger partial charge in [-0.1, -0.05) is 130 Å². The second-order valence-electron chi connectivity index (χ2n) is 11.1. The summed E-state index contributed by atoms with van der Waals surface area (Å²) in [4.78, 5) is 0. The lowest BCUT2D eigenvalue weighted by Gasteiger charge is -2.34. The van der Waals surface area contributed by atoms with Crippen molar-refractivity contribution in [1.29, 1.82) is 0 Å². The molecular formula is C35H33NSi. The molecule has 0 N–H and O–H groups in total. The van der Waals surface area contributed by atoms with E-state index in [-0.39, 0.29) is 5.41 Å². The van der Waals surface area contributed by atoms with Gasteiger partial charge in [0.15, 0.2) is 8.07 Å². The van der Waals surface area contributed by atoms with Crippen LogP contribution in [0.3, 0.4) is 0 Å². The monoisotopic (exact) mass is 495 g/mol. The molecule has 1 heterocycles. The molecule has 0 saturated heterocycles. The molecule has 0 aliphatic rings. The maximum Gasteiger partial charge on any atom is 0.179 e. The third-order valence-corrected chi connectivity index (χ3v) is 12.7. The van der Waals surface area contributed by atoms with E-state index < -0.39 is 8.07 Å². The van der Waals surface area contributed by atoms with Crippen LogP contribution in [0.1, 0.15) is 26.3 Å². The van der Waals surface area contributed by atoms with Gasteiger partial charge in [-0.05, 0) is 49.9 Å². The Morgan fingerprint density at radius 2 is 0.919 bits per heavy atom. The molecule has 0 spiro atoms. The van der Waals surface area contributed by atoms with Gasteiger partial charge in [0.05, 0.1) is 0 Å². The minimum Gasteiger partial charge on any atom is -0.344 e. The summed E-state index contributed by atoms with van der Waals surface area (Å²) in [5.41, 5.74) is 4.04. The fourth-order valence-electron chi connectivity index (χ4n) is 5.98. The van der Waals surface area contributed by atoms with E-state index in [0.717, 1.165) is 0 Å². The van der Waals surface area contributed by atoms with E-state index in [4.69, 9.17) is 0 Å². The fraction of sp³-hybridized carbons (Fsp3) is 0.143. The predicted octanol–water partition coefficient (Wildman–Crippen LogP) is 6.01. The molecule has 1 nitrogen and oxygen atoms in total. The van der Waals surface area contributed by atoms with Gasteiger partial charge in [0, 0.05) is 28.9 Å². The summed E-state index contributed by atoms with van der Waals surface area (Å²) in [5.74, 6) is 0. The van der Waals surface area contributed by atoms with Crippen LogP contribution in [0.5, 0.6) is 0 Å². The normalized spacial score (nSPS) is 12.3. The standard InChI is InChI=1S/C35H33NSi/c1-35(2,3)26-20-22-33-31(24-26)32-25-30(21-23-34(32)36(33)4)37(27-14-8-5-9-15-27,28-16-10-6-11-17-28)29-18-12-7-13-19-29/h5-25H,1-4H3. The summed E-state index contributed by atoms with van der Waals surface area (Å²) in [6.45, 7) is 6.88. The first kappa shape index (κ1) is 23.5. The van der Waals surface area contributed by atoms with Crippen molar-refractivity contribution in [2.24, 2.45) is 7.05 Å². The molecule has 0 aliphatic heterocycles. The van der Waals surface area contributed by atoms with Gasteiger partial charge in [0.1, 0.15) is 0 Å². The van der Waals surface area contributed by atoms with Gasteiger partial charge in [-0.2, -0.15) is 0 Å². The predicted molar refractivity (Wildman–Crippen MR) is 163 cm³/mol. The zero-order valence-corrected chi connectivity index (χ0v) is 23.1. The Morgan fingerprint density at radius 1 is 0.486 bits per heavy atom. The van der Waals surface area contributed by atoms with E-state index in [9.17, 15) is 0 Å². The number of hydrogen-bond acceptors (Lipinski definition) is 0. The molecule has 0 amide bonds. The van der Waals surface area contributed by atoms with Crippen molar-refractivity contribution in [2.75, 3.05) is 0 Å². The first-order valence-corrected chi connectivity index (χ1v) is 15.1. The molecule has 6 aromatic rings. The van der Waals surface area contributed by atoms with Gasteiger partial charge >= 0.3 is 0 Å². The Morgan fingerprint density at radius 3 is 1.38 bits per heavy atom. The fourth-order valence-corrected chi connectivity index (χ4v) is 10.8. The molecule has 6 rings (SSSR count). The van der Waals surface area contributed by atoms with Crippen molar-refractivity contribution in [3.05, 3.63) is 133 Å². The van der Waals surface area contributed by atoms with Gasteiger partial charge < -0.3 is 4.57 Å². The van der Waals surface area contributed by atoms with Crippen LogP contribution >= 0.6 is 0 Å². The number of aromatic nitrogens is 1. The van der Waals surface area contributed by atoms with Gasteiger partial charge in [0.2, 0.25) is 0 Å². The SMILES string of the molecule is Cn1c2ccc(C(C)(C)C)cc2c2cc([Si](c3ccccc3)(c3ccccc3)c3ccccc3)ccc21. The minimum absolute atomic E-state index is 0.102. The first-order chi connectivity index (χ1) is 17.9. The summed E-state index contributed by atoms with van der Waals surface area (Å²) >= 11 is 0. The molecule has 0 radical (unpaired) electrons. The zero-order chi connectivity index (χ0) is 25.6. The van der Waals surface area contributed by atoms with E-state index in [0.29, 0.717) is 0 Å². The second-order valence-corrected chi connectivity index (χ2v) is 14.9. The molecule has 0 unspecified atom stereocenters. The Kier molecular flexibility index (Phi) is 5.65. The number of benzene rings is 5. The molecule has 0 bridgehead atoms. The van der Waals surface area contributed by atoms with Crippen LogP contribution in [0.4, 0.5) is 0 Å². The van der Waals surface area contributed by atoms with Crippen LogP contribution in [0, 0.1) is 0 Å². The van der Waals surface area contributed by atoms with E-state index in [1.54, 1.807) is 0 Å². The maximum atomic E-state index is 2.50. The summed E-state index contributed by atoms with van der Waals surface area (Å²) < 4.78 is 2.34. The topological polar surface area (TPSA) is 4.93 Å². The molecule has 0 saturated carbocycles. The van der Waals surface area contributed by atoms with Crippen molar-refractivity contribution in [2.45, 2.75) is 26.2 Å². The molecule has 0 aliphatic carbocycles. The van der Waals surface area contributed by atoms with Gasteiger partial charge in [-0.25, -0.2) is 0 Å². The van der Waals surface area contributed by atoms with Crippen molar-refractivity contribution < 1.29 is 0 Å². The Hall–Kier alpha value is -3.88. The highest BCUT2D eigenvalue weighted by molar-refractivity contribution is 7.20. The average molecular weight is 496 g/mol. The largest absolute Gasteiger partial charge is 0.344 e. The van der Waals surface area contributed by atoms with Crippen molar-refractivity contribution in [1.82, 2.24) is 4.57 Å². The van der Waals surface area contributed by atoms with Gasteiger partial charge in [-0.3, -0.25) is 0 Å². The maximum absolute atomic E-state index is 2.55. The van der Waals surface area contributed by atoms with Gasteiger partial charge in [-0.15, -0.1) is 0 Å². The van der Waals surface area contributed by atoms with E-state index >= 15 is 0 Å². The summed E-state index contributed by atoms with van der Waals surface area (Å²) in [6, 6.07) is 47.7. The van der Waals surface area contributed by atoms with Crippen molar-refractivity contribution in [3.63, 3.8) is 0 Å². The third kappa shape index (κ3) is 3.75. The zero-order valence-electron chi connectivity index (χ0n) is 22.1. The smallest absolute Gasteiger partial charge is 0.179 e. The summed E-state index contributed by atoms with van der Waals surface area (Å²) in [7, 11) is -0.363. The Bertz CT molecular complexity index is 1590. The van der Waals surface area contributed by atoms with Crippen LogP contribution in [-0.4, -0.2) is 12.6 Å². The first-order valence-electron chi connectivity index (χ1n) is 13.1. The highest BCUT2D eigenvalue weighted by Crippen LogP contribution is 2.32. The van der Waals surface area contributed by atoms with Crippen molar-refractivity contribution >= 4 is 50.6 Å². The Balaban J connectivity index is 1.74. The van der Waals surface area contributed by atoms with E-state index in [2.05, 4.69) is 160 Å². The number of aryl methyl sites for hydroxylation is 1. The number of nitrogens with zero attached hydrogens (tertiary/aromatic N) is 1. The number of fused-ring (bicyclic) bond motifs is 3. The quantitative estimate of drug-likeness (QED) is 0.209. The highest BCUT2D eigenvalue weighted by Gasteiger charge is 2.41. The van der Waals surface area contributed by atoms with Crippen LogP contribution in [0.2, 0.25) is 0 Å². The van der Waals surface area contributed by atoms with E-state index in [1.807, 2.05) is 0 Å². The van der Waals surface area contributed by atoms with Gasteiger partial charge in [0.25, 0.3) is 0 Å². The second kappa shape index (κ2) is 8.90. The lowest BCUT2D eigenvalue weighted by atomic mass is 9.86. The number of rotatable bonds is 4. The van der Waals surface area contributed by atoms with Crippen LogP contribution in [-0.2, 0) is 12.5 Å².